The molecule has 1 saturated carbocycles. The van der Waals surface area contributed by atoms with Gasteiger partial charge in [-0.15, -0.1) is 0 Å². The van der Waals surface area contributed by atoms with E-state index in [0.29, 0.717) is 19.3 Å². The average Bonchev–Trinajstić information content (AvgIpc) is 3.03. The molecule has 1 heterocycles. The minimum Gasteiger partial charge on any atom is -0.396 e. The summed E-state index contributed by atoms with van der Waals surface area (Å²) in [7, 11) is 0. The standard InChI is InChI=1S/C11H20O3/c12-8-11(4-2-1-3-5-11)9-13-6-10-7-14-10/h10,12H,1-9H2. The van der Waals surface area contributed by atoms with Crippen LogP contribution >= 0.6 is 0 Å². The Morgan fingerprint density at radius 2 is 2.00 bits per heavy atom. The average molecular weight is 200 g/mol. The molecule has 0 spiro atoms. The van der Waals surface area contributed by atoms with Gasteiger partial charge in [-0.25, -0.2) is 0 Å². The SMILES string of the molecule is OCC1(COCC2CO2)CCCCC1. The predicted octanol–water partition coefficient (Wildman–Crippen LogP) is 1.34. The molecule has 82 valence electrons. The van der Waals surface area contributed by atoms with Crippen LogP contribution in [0.1, 0.15) is 32.1 Å². The summed E-state index contributed by atoms with van der Waals surface area (Å²) in [5, 5.41) is 9.41. The van der Waals surface area contributed by atoms with Gasteiger partial charge in [0, 0.05) is 5.41 Å². The second kappa shape index (κ2) is 4.60. The van der Waals surface area contributed by atoms with E-state index in [1.54, 1.807) is 0 Å². The Bertz CT molecular complexity index is 171. The van der Waals surface area contributed by atoms with Gasteiger partial charge >= 0.3 is 0 Å². The molecule has 1 saturated heterocycles. The second-order valence-corrected chi connectivity index (χ2v) is 4.69. The van der Waals surface area contributed by atoms with E-state index in [2.05, 4.69) is 0 Å². The van der Waals surface area contributed by atoms with Gasteiger partial charge in [0.2, 0.25) is 0 Å². The predicted molar refractivity (Wildman–Crippen MR) is 53.2 cm³/mol. The first-order valence-corrected chi connectivity index (χ1v) is 5.65. The van der Waals surface area contributed by atoms with E-state index in [0.717, 1.165) is 19.4 Å². The Morgan fingerprint density at radius 1 is 1.29 bits per heavy atom. The molecule has 3 nitrogen and oxygen atoms in total. The first kappa shape index (κ1) is 10.4. The fraction of sp³-hybridized carbons (Fsp3) is 1.00. The van der Waals surface area contributed by atoms with Crippen molar-refractivity contribution in [2.75, 3.05) is 26.4 Å². The molecule has 1 aliphatic heterocycles. The summed E-state index contributed by atoms with van der Waals surface area (Å²) >= 11 is 0. The fourth-order valence-electron chi connectivity index (χ4n) is 2.22. The lowest BCUT2D eigenvalue weighted by molar-refractivity contribution is -0.0200. The number of epoxide rings is 1. The van der Waals surface area contributed by atoms with E-state index < -0.39 is 0 Å². The van der Waals surface area contributed by atoms with Crippen LogP contribution < -0.4 is 0 Å². The number of aliphatic hydroxyl groups is 1. The largest absolute Gasteiger partial charge is 0.396 e. The molecule has 2 aliphatic rings. The first-order valence-electron chi connectivity index (χ1n) is 5.65. The summed E-state index contributed by atoms with van der Waals surface area (Å²) < 4.78 is 10.7. The summed E-state index contributed by atoms with van der Waals surface area (Å²) in [4.78, 5) is 0. The zero-order valence-electron chi connectivity index (χ0n) is 8.71. The van der Waals surface area contributed by atoms with Crippen LogP contribution in [0, 0.1) is 5.41 Å². The molecule has 0 aromatic rings. The molecule has 1 N–H and O–H groups in total. The lowest BCUT2D eigenvalue weighted by Gasteiger charge is -2.35. The number of hydrogen-bond acceptors (Lipinski definition) is 3. The summed E-state index contributed by atoms with van der Waals surface area (Å²) in [5.41, 5.74) is 0.0626. The van der Waals surface area contributed by atoms with Crippen molar-refractivity contribution in [2.24, 2.45) is 5.41 Å². The van der Waals surface area contributed by atoms with Gasteiger partial charge in [0.05, 0.1) is 26.4 Å². The van der Waals surface area contributed by atoms with Gasteiger partial charge in [-0.05, 0) is 12.8 Å². The normalized spacial score (nSPS) is 30.2. The van der Waals surface area contributed by atoms with E-state index in [1.165, 1.54) is 19.3 Å². The fourth-order valence-corrected chi connectivity index (χ4v) is 2.22. The van der Waals surface area contributed by atoms with Gasteiger partial charge in [0.15, 0.2) is 0 Å². The van der Waals surface area contributed by atoms with Crippen LogP contribution in [0.15, 0.2) is 0 Å². The van der Waals surface area contributed by atoms with Gasteiger partial charge in [-0.2, -0.15) is 0 Å². The zero-order valence-corrected chi connectivity index (χ0v) is 8.71. The Morgan fingerprint density at radius 3 is 2.57 bits per heavy atom. The van der Waals surface area contributed by atoms with E-state index in [1.807, 2.05) is 0 Å². The van der Waals surface area contributed by atoms with Crippen LogP contribution in [-0.2, 0) is 9.47 Å². The van der Waals surface area contributed by atoms with Crippen molar-refractivity contribution in [2.45, 2.75) is 38.2 Å². The summed E-state index contributed by atoms with van der Waals surface area (Å²) in [6.07, 6.45) is 6.37. The van der Waals surface area contributed by atoms with Gasteiger partial charge in [0.25, 0.3) is 0 Å². The highest BCUT2D eigenvalue weighted by molar-refractivity contribution is 4.82. The second-order valence-electron chi connectivity index (χ2n) is 4.69. The molecule has 1 aliphatic carbocycles. The summed E-state index contributed by atoms with van der Waals surface area (Å²) in [5.74, 6) is 0. The Balaban J connectivity index is 1.71. The maximum Gasteiger partial charge on any atom is 0.104 e. The monoisotopic (exact) mass is 200 g/mol. The Labute approximate surface area is 85.4 Å². The molecule has 14 heavy (non-hydrogen) atoms. The summed E-state index contributed by atoms with van der Waals surface area (Å²) in [6, 6.07) is 0. The molecule has 1 unspecified atom stereocenters. The maximum atomic E-state index is 9.41. The van der Waals surface area contributed by atoms with Crippen molar-refractivity contribution in [1.82, 2.24) is 0 Å². The van der Waals surface area contributed by atoms with Crippen molar-refractivity contribution in [3.8, 4) is 0 Å². The minimum absolute atomic E-state index is 0.0626. The van der Waals surface area contributed by atoms with Crippen LogP contribution in [0.2, 0.25) is 0 Å². The van der Waals surface area contributed by atoms with Gasteiger partial charge in [-0.1, -0.05) is 19.3 Å². The molecule has 0 aromatic carbocycles. The molecule has 3 heteroatoms. The van der Waals surface area contributed by atoms with Crippen molar-refractivity contribution in [1.29, 1.82) is 0 Å². The van der Waals surface area contributed by atoms with Gasteiger partial charge in [0.1, 0.15) is 6.10 Å². The molecular formula is C11H20O3. The molecule has 0 amide bonds. The van der Waals surface area contributed by atoms with Gasteiger partial charge in [-0.3, -0.25) is 0 Å². The smallest absolute Gasteiger partial charge is 0.104 e. The Kier molecular flexibility index (Phi) is 3.42. The van der Waals surface area contributed by atoms with Crippen molar-refractivity contribution >= 4 is 0 Å². The third-order valence-electron chi connectivity index (χ3n) is 3.36. The van der Waals surface area contributed by atoms with E-state index in [4.69, 9.17) is 9.47 Å². The highest BCUT2D eigenvalue weighted by atomic mass is 16.6. The number of ether oxygens (including phenoxy) is 2. The highest BCUT2D eigenvalue weighted by Crippen LogP contribution is 2.36. The molecule has 1 atom stereocenters. The van der Waals surface area contributed by atoms with Crippen molar-refractivity contribution < 1.29 is 14.6 Å². The topological polar surface area (TPSA) is 42.0 Å². The van der Waals surface area contributed by atoms with E-state index in [-0.39, 0.29) is 12.0 Å². The molecule has 0 aromatic heterocycles. The quantitative estimate of drug-likeness (QED) is 0.681. The molecule has 2 fully saturated rings. The van der Waals surface area contributed by atoms with E-state index >= 15 is 0 Å². The number of aliphatic hydroxyl groups excluding tert-OH is 1. The maximum absolute atomic E-state index is 9.41. The van der Waals surface area contributed by atoms with Crippen LogP contribution in [0.4, 0.5) is 0 Å². The van der Waals surface area contributed by atoms with E-state index in [9.17, 15) is 5.11 Å². The molecule has 2 rings (SSSR count). The number of rotatable bonds is 5. The lowest BCUT2D eigenvalue weighted by atomic mass is 9.75. The summed E-state index contributed by atoms with van der Waals surface area (Å²) in [6.45, 7) is 2.55. The Hall–Kier alpha value is -0.120. The molecular weight excluding hydrogens is 180 g/mol. The van der Waals surface area contributed by atoms with Crippen molar-refractivity contribution in [3.63, 3.8) is 0 Å². The minimum atomic E-state index is 0.0626. The van der Waals surface area contributed by atoms with Crippen molar-refractivity contribution in [3.05, 3.63) is 0 Å². The number of hydrogen-bond donors (Lipinski definition) is 1. The molecule has 0 radical (unpaired) electrons. The highest BCUT2D eigenvalue weighted by Gasteiger charge is 2.32. The third-order valence-corrected chi connectivity index (χ3v) is 3.36. The van der Waals surface area contributed by atoms with Crippen LogP contribution in [0.3, 0.4) is 0 Å². The lowest BCUT2D eigenvalue weighted by Crippen LogP contribution is -2.33. The third kappa shape index (κ3) is 2.69. The zero-order chi connectivity index (χ0) is 9.86. The van der Waals surface area contributed by atoms with Gasteiger partial charge < -0.3 is 14.6 Å². The van der Waals surface area contributed by atoms with Crippen LogP contribution in [-0.4, -0.2) is 37.6 Å². The first-order chi connectivity index (χ1) is 6.85. The van der Waals surface area contributed by atoms with Crippen LogP contribution in [0.5, 0.6) is 0 Å². The molecule has 0 bridgehead atoms. The van der Waals surface area contributed by atoms with Crippen LogP contribution in [0.25, 0.3) is 0 Å².